The third kappa shape index (κ3) is 6.51. The van der Waals surface area contributed by atoms with Crippen molar-refractivity contribution >= 4 is 15.8 Å². The lowest BCUT2D eigenvalue weighted by Gasteiger charge is -2.23. The van der Waals surface area contributed by atoms with Gasteiger partial charge in [0, 0.05) is 19.1 Å². The molecule has 5 nitrogen and oxygen atoms in total. The van der Waals surface area contributed by atoms with Crippen molar-refractivity contribution in [1.29, 1.82) is 0 Å². The fourth-order valence-corrected chi connectivity index (χ4v) is 3.28. The lowest BCUT2D eigenvalue weighted by atomic mass is 9.87. The summed E-state index contributed by atoms with van der Waals surface area (Å²) in [6.07, 6.45) is 0. The fourth-order valence-electron chi connectivity index (χ4n) is 2.12. The van der Waals surface area contributed by atoms with E-state index in [0.717, 1.165) is 5.56 Å². The second kappa shape index (κ2) is 7.55. The Morgan fingerprint density at radius 3 is 2.00 bits per heavy atom. The zero-order chi connectivity index (χ0) is 18.6. The van der Waals surface area contributed by atoms with Crippen molar-refractivity contribution < 1.29 is 8.42 Å². The molecule has 0 bridgehead atoms. The second-order valence-electron chi connectivity index (χ2n) is 7.97. The molecular formula is C18H31N3O2S. The molecule has 0 aliphatic rings. The number of hydrogen-bond donors (Lipinski definition) is 2. The Bertz CT molecular complexity index is 664. The molecule has 0 unspecified atom stereocenters. The summed E-state index contributed by atoms with van der Waals surface area (Å²) in [5, 5.41) is 6.25. The van der Waals surface area contributed by atoms with Crippen LogP contribution in [0.15, 0.2) is 34.2 Å². The summed E-state index contributed by atoms with van der Waals surface area (Å²) in [7, 11) is -1.65. The van der Waals surface area contributed by atoms with Crippen LogP contribution in [0.1, 0.15) is 47.1 Å². The highest BCUT2D eigenvalue weighted by Crippen LogP contribution is 2.23. The topological polar surface area (TPSA) is 70.6 Å². The average Bonchev–Trinajstić information content (AvgIpc) is 2.44. The highest BCUT2D eigenvalue weighted by molar-refractivity contribution is 7.91. The van der Waals surface area contributed by atoms with E-state index in [0.29, 0.717) is 17.4 Å². The van der Waals surface area contributed by atoms with Crippen LogP contribution in [-0.2, 0) is 15.3 Å². The number of aliphatic imine (C=N–C) groups is 1. The molecule has 0 spiro atoms. The molecule has 1 rings (SSSR count). The minimum absolute atomic E-state index is 0.00889. The molecule has 136 valence electrons. The monoisotopic (exact) mass is 353 g/mol. The predicted molar refractivity (Wildman–Crippen MR) is 101 cm³/mol. The molecule has 0 aliphatic heterocycles. The first kappa shape index (κ1) is 20.5. The summed E-state index contributed by atoms with van der Waals surface area (Å²) in [5.74, 6) is 0.618. The van der Waals surface area contributed by atoms with Crippen LogP contribution < -0.4 is 10.6 Å². The summed E-state index contributed by atoms with van der Waals surface area (Å²) in [5.41, 5.74) is 0.993. The lowest BCUT2D eigenvalue weighted by Crippen LogP contribution is -2.48. The molecule has 0 fully saturated rings. The van der Waals surface area contributed by atoms with E-state index in [1.54, 1.807) is 19.2 Å². The zero-order valence-electron chi connectivity index (χ0n) is 15.9. The molecule has 24 heavy (non-hydrogen) atoms. The largest absolute Gasteiger partial charge is 0.355 e. The summed E-state index contributed by atoms with van der Waals surface area (Å²) in [6, 6.07) is 7.16. The van der Waals surface area contributed by atoms with Crippen LogP contribution in [0.3, 0.4) is 0 Å². The molecule has 0 saturated carbocycles. The van der Waals surface area contributed by atoms with Gasteiger partial charge in [0.2, 0.25) is 0 Å². The Labute approximate surface area is 146 Å². The first-order valence-corrected chi connectivity index (χ1v) is 9.82. The molecule has 6 heteroatoms. The molecule has 1 aromatic carbocycles. The van der Waals surface area contributed by atoms with Gasteiger partial charge in [0.25, 0.3) is 0 Å². The fraction of sp³-hybridized carbons (Fsp3) is 0.611. The van der Waals surface area contributed by atoms with Crippen molar-refractivity contribution in [2.24, 2.45) is 4.99 Å². The summed E-state index contributed by atoms with van der Waals surface area (Å²) < 4.78 is 24.9. The molecular weight excluding hydrogens is 322 g/mol. The highest BCUT2D eigenvalue weighted by atomic mass is 32.2. The van der Waals surface area contributed by atoms with E-state index in [1.165, 1.54) is 0 Å². The van der Waals surface area contributed by atoms with Gasteiger partial charge in [0.15, 0.2) is 15.8 Å². The van der Waals surface area contributed by atoms with Crippen LogP contribution in [0.4, 0.5) is 0 Å². The van der Waals surface area contributed by atoms with Crippen molar-refractivity contribution in [3.05, 3.63) is 29.8 Å². The molecule has 0 heterocycles. The van der Waals surface area contributed by atoms with Crippen molar-refractivity contribution in [3.8, 4) is 0 Å². The van der Waals surface area contributed by atoms with Gasteiger partial charge in [-0.15, -0.1) is 0 Å². The Hall–Kier alpha value is -1.56. The van der Waals surface area contributed by atoms with Crippen LogP contribution >= 0.6 is 0 Å². The van der Waals surface area contributed by atoms with Gasteiger partial charge < -0.3 is 10.6 Å². The van der Waals surface area contributed by atoms with E-state index in [-0.39, 0.29) is 16.7 Å². The summed E-state index contributed by atoms with van der Waals surface area (Å²) in [4.78, 5) is 4.46. The Morgan fingerprint density at radius 2 is 1.58 bits per heavy atom. The second-order valence-corrected chi connectivity index (χ2v) is 10.1. The smallest absolute Gasteiger partial charge is 0.191 e. The van der Waals surface area contributed by atoms with Crippen molar-refractivity contribution in [1.82, 2.24) is 10.6 Å². The molecule has 0 atom stereocenters. The van der Waals surface area contributed by atoms with Gasteiger partial charge in [-0.3, -0.25) is 4.99 Å². The maximum Gasteiger partial charge on any atom is 0.191 e. The van der Waals surface area contributed by atoms with Crippen molar-refractivity contribution in [2.75, 3.05) is 19.3 Å². The molecule has 0 aromatic heterocycles. The molecule has 1 aromatic rings. The number of hydrogen-bond acceptors (Lipinski definition) is 3. The quantitative estimate of drug-likeness (QED) is 0.645. The third-order valence-corrected chi connectivity index (χ3v) is 5.19. The first-order valence-electron chi connectivity index (χ1n) is 8.17. The van der Waals surface area contributed by atoms with Gasteiger partial charge in [0.05, 0.1) is 10.6 Å². The van der Waals surface area contributed by atoms with Gasteiger partial charge in [-0.05, 0) is 43.9 Å². The van der Waals surface area contributed by atoms with E-state index in [4.69, 9.17) is 0 Å². The maximum atomic E-state index is 12.4. The third-order valence-electron chi connectivity index (χ3n) is 3.46. The molecule has 0 aliphatic carbocycles. The lowest BCUT2D eigenvalue weighted by molar-refractivity contribution is 0.502. The predicted octanol–water partition coefficient (Wildman–Crippen LogP) is 2.72. The normalized spacial score (nSPS) is 13.7. The van der Waals surface area contributed by atoms with Crippen LogP contribution in [-0.4, -0.2) is 39.3 Å². The number of sulfone groups is 1. The maximum absolute atomic E-state index is 12.4. The van der Waals surface area contributed by atoms with E-state index < -0.39 is 9.84 Å². The van der Waals surface area contributed by atoms with Crippen molar-refractivity contribution in [2.45, 2.75) is 57.4 Å². The Kier molecular flexibility index (Phi) is 6.45. The van der Waals surface area contributed by atoms with Gasteiger partial charge in [-0.25, -0.2) is 8.42 Å². The zero-order valence-corrected chi connectivity index (χ0v) is 16.7. The van der Waals surface area contributed by atoms with Crippen LogP contribution in [0.5, 0.6) is 0 Å². The van der Waals surface area contributed by atoms with Gasteiger partial charge in [-0.1, -0.05) is 32.9 Å². The Morgan fingerprint density at radius 1 is 1.04 bits per heavy atom. The van der Waals surface area contributed by atoms with Gasteiger partial charge in [-0.2, -0.15) is 0 Å². The van der Waals surface area contributed by atoms with Gasteiger partial charge in [0.1, 0.15) is 0 Å². The highest BCUT2D eigenvalue weighted by Gasteiger charge is 2.18. The Balaban J connectivity index is 2.70. The summed E-state index contributed by atoms with van der Waals surface area (Å²) >= 11 is 0. The number of rotatable bonds is 4. The van der Waals surface area contributed by atoms with E-state index in [1.807, 2.05) is 32.9 Å². The van der Waals surface area contributed by atoms with E-state index in [9.17, 15) is 8.42 Å². The number of guanidine groups is 1. The number of nitrogens with zero attached hydrogens (tertiary/aromatic N) is 1. The van der Waals surface area contributed by atoms with E-state index >= 15 is 0 Å². The molecule has 0 saturated heterocycles. The average molecular weight is 354 g/mol. The summed E-state index contributed by atoms with van der Waals surface area (Å²) in [6.45, 7) is 12.7. The molecule has 0 radical (unpaired) electrons. The number of benzene rings is 1. The molecule has 2 N–H and O–H groups in total. The first-order chi connectivity index (χ1) is 10.8. The minimum atomic E-state index is -3.32. The van der Waals surface area contributed by atoms with Crippen LogP contribution in [0.2, 0.25) is 0 Å². The van der Waals surface area contributed by atoms with Crippen LogP contribution in [0.25, 0.3) is 0 Å². The van der Waals surface area contributed by atoms with Crippen molar-refractivity contribution in [3.63, 3.8) is 0 Å². The van der Waals surface area contributed by atoms with E-state index in [2.05, 4.69) is 36.4 Å². The molecule has 0 amide bonds. The van der Waals surface area contributed by atoms with Gasteiger partial charge >= 0.3 is 0 Å². The minimum Gasteiger partial charge on any atom is -0.355 e. The van der Waals surface area contributed by atoms with Crippen LogP contribution in [0, 0.1) is 0 Å². The standard InChI is InChI=1S/C18H31N3O2S/c1-17(2,3)14-8-10-15(11-9-14)24(22,23)13-12-20-16(19-7)21-18(4,5)6/h8-11H,12-13H2,1-7H3,(H2,19,20,21). The SMILES string of the molecule is CN=C(NCCS(=O)(=O)c1ccc(C(C)(C)C)cc1)NC(C)(C)C. The number of nitrogens with one attached hydrogen (secondary N) is 2.